The molecule has 1 amide bonds. The second-order valence-corrected chi connectivity index (χ2v) is 3.86. The van der Waals surface area contributed by atoms with Crippen molar-refractivity contribution >= 4 is 5.91 Å². The van der Waals surface area contributed by atoms with Gasteiger partial charge in [0.2, 0.25) is 5.91 Å². The van der Waals surface area contributed by atoms with Crippen LogP contribution in [0.4, 0.5) is 0 Å². The molecular weight excluding hydrogens is 204 g/mol. The molecule has 0 heterocycles. The SMILES string of the molecule is C[C@H](CCO)NCc1ccc(C(N)=O)cc1. The predicted octanol–water partition coefficient (Wildman–Crippen LogP) is 0.646. The fourth-order valence-electron chi connectivity index (χ4n) is 1.37. The lowest BCUT2D eigenvalue weighted by molar-refractivity contribution is 0.100. The molecule has 1 rings (SSSR count). The molecule has 0 radical (unpaired) electrons. The van der Waals surface area contributed by atoms with Gasteiger partial charge in [0.25, 0.3) is 0 Å². The van der Waals surface area contributed by atoms with Gasteiger partial charge in [0.05, 0.1) is 0 Å². The first-order chi connectivity index (χ1) is 7.63. The zero-order valence-corrected chi connectivity index (χ0v) is 9.44. The van der Waals surface area contributed by atoms with Gasteiger partial charge in [0, 0.05) is 24.8 Å². The molecule has 1 aromatic rings. The van der Waals surface area contributed by atoms with Crippen LogP contribution < -0.4 is 11.1 Å². The quantitative estimate of drug-likeness (QED) is 0.661. The average Bonchev–Trinajstić information content (AvgIpc) is 2.27. The van der Waals surface area contributed by atoms with E-state index in [1.807, 2.05) is 19.1 Å². The summed E-state index contributed by atoms with van der Waals surface area (Å²) in [6, 6.07) is 7.46. The number of aliphatic hydroxyl groups is 1. The van der Waals surface area contributed by atoms with Crippen LogP contribution in [0.1, 0.15) is 29.3 Å². The van der Waals surface area contributed by atoms with Crippen LogP contribution in [0.5, 0.6) is 0 Å². The average molecular weight is 222 g/mol. The highest BCUT2D eigenvalue weighted by Gasteiger charge is 2.02. The van der Waals surface area contributed by atoms with Gasteiger partial charge in [-0.1, -0.05) is 12.1 Å². The number of primary amides is 1. The Labute approximate surface area is 95.5 Å². The number of benzene rings is 1. The molecule has 0 aliphatic heterocycles. The van der Waals surface area contributed by atoms with Crippen molar-refractivity contribution in [2.75, 3.05) is 6.61 Å². The fraction of sp³-hybridized carbons (Fsp3) is 0.417. The molecule has 1 aromatic carbocycles. The summed E-state index contributed by atoms with van der Waals surface area (Å²) in [6.45, 7) is 2.93. The molecule has 4 N–H and O–H groups in total. The Kier molecular flexibility index (Phi) is 4.95. The van der Waals surface area contributed by atoms with Gasteiger partial charge >= 0.3 is 0 Å². The summed E-state index contributed by atoms with van der Waals surface area (Å²) >= 11 is 0. The van der Waals surface area contributed by atoms with E-state index < -0.39 is 5.91 Å². The topological polar surface area (TPSA) is 75.3 Å². The number of nitrogens with two attached hydrogens (primary N) is 1. The van der Waals surface area contributed by atoms with Crippen LogP contribution in [-0.4, -0.2) is 23.7 Å². The van der Waals surface area contributed by atoms with Crippen molar-refractivity contribution < 1.29 is 9.90 Å². The fourth-order valence-corrected chi connectivity index (χ4v) is 1.37. The summed E-state index contributed by atoms with van der Waals surface area (Å²) in [6.07, 6.45) is 0.735. The lowest BCUT2D eigenvalue weighted by Crippen LogP contribution is -2.26. The third-order valence-electron chi connectivity index (χ3n) is 2.46. The van der Waals surface area contributed by atoms with Gasteiger partial charge in [-0.2, -0.15) is 0 Å². The molecule has 0 fully saturated rings. The highest BCUT2D eigenvalue weighted by atomic mass is 16.3. The van der Waals surface area contributed by atoms with E-state index in [9.17, 15) is 4.79 Å². The summed E-state index contributed by atoms with van der Waals surface area (Å²) in [4.78, 5) is 10.8. The Bertz CT molecular complexity index is 335. The number of rotatable bonds is 6. The second kappa shape index (κ2) is 6.25. The number of carbonyl (C=O) groups excluding carboxylic acids is 1. The zero-order valence-electron chi connectivity index (χ0n) is 9.44. The third-order valence-corrected chi connectivity index (χ3v) is 2.46. The standard InChI is InChI=1S/C12H18N2O2/c1-9(6-7-15)14-8-10-2-4-11(5-3-10)12(13)16/h2-5,9,14-15H,6-8H2,1H3,(H2,13,16)/t9-/m1/s1. The van der Waals surface area contributed by atoms with Crippen LogP contribution in [0.25, 0.3) is 0 Å². The summed E-state index contributed by atoms with van der Waals surface area (Å²) in [5.74, 6) is -0.409. The van der Waals surface area contributed by atoms with E-state index >= 15 is 0 Å². The minimum Gasteiger partial charge on any atom is -0.396 e. The molecule has 0 saturated heterocycles. The van der Waals surface area contributed by atoms with Crippen molar-refractivity contribution in [3.8, 4) is 0 Å². The predicted molar refractivity (Wildman–Crippen MR) is 63.0 cm³/mol. The molecule has 0 bridgehead atoms. The van der Waals surface area contributed by atoms with Gasteiger partial charge in [0.1, 0.15) is 0 Å². The molecule has 0 aromatic heterocycles. The number of hydrogen-bond donors (Lipinski definition) is 3. The van der Waals surface area contributed by atoms with Crippen molar-refractivity contribution in [1.29, 1.82) is 0 Å². The van der Waals surface area contributed by atoms with Gasteiger partial charge in [-0.25, -0.2) is 0 Å². The van der Waals surface area contributed by atoms with Gasteiger partial charge in [-0.15, -0.1) is 0 Å². The third kappa shape index (κ3) is 4.00. The molecule has 88 valence electrons. The van der Waals surface area contributed by atoms with Crippen LogP contribution in [0.2, 0.25) is 0 Å². The monoisotopic (exact) mass is 222 g/mol. The van der Waals surface area contributed by atoms with E-state index in [1.54, 1.807) is 12.1 Å². The van der Waals surface area contributed by atoms with Crippen molar-refractivity contribution in [2.24, 2.45) is 5.73 Å². The van der Waals surface area contributed by atoms with E-state index in [0.29, 0.717) is 5.56 Å². The zero-order chi connectivity index (χ0) is 12.0. The molecule has 0 unspecified atom stereocenters. The number of carbonyl (C=O) groups is 1. The first-order valence-electron chi connectivity index (χ1n) is 5.36. The molecule has 1 atom stereocenters. The van der Waals surface area contributed by atoms with Crippen LogP contribution in [-0.2, 0) is 6.54 Å². The second-order valence-electron chi connectivity index (χ2n) is 3.86. The first kappa shape index (κ1) is 12.7. The lowest BCUT2D eigenvalue weighted by Gasteiger charge is -2.12. The number of hydrogen-bond acceptors (Lipinski definition) is 3. The number of nitrogens with one attached hydrogen (secondary N) is 1. The van der Waals surface area contributed by atoms with E-state index in [1.165, 1.54) is 0 Å². The highest BCUT2D eigenvalue weighted by Crippen LogP contribution is 2.04. The highest BCUT2D eigenvalue weighted by molar-refractivity contribution is 5.92. The summed E-state index contributed by atoms with van der Waals surface area (Å²) in [7, 11) is 0. The maximum Gasteiger partial charge on any atom is 0.248 e. The summed E-state index contributed by atoms with van der Waals surface area (Å²) in [5, 5.41) is 12.0. The maximum absolute atomic E-state index is 10.8. The Morgan fingerprint density at radius 2 is 2.06 bits per heavy atom. The van der Waals surface area contributed by atoms with E-state index in [2.05, 4.69) is 5.32 Å². The molecule has 4 nitrogen and oxygen atoms in total. The molecule has 16 heavy (non-hydrogen) atoms. The van der Waals surface area contributed by atoms with Gasteiger partial charge < -0.3 is 16.2 Å². The lowest BCUT2D eigenvalue weighted by atomic mass is 10.1. The van der Waals surface area contributed by atoms with Gasteiger partial charge in [0.15, 0.2) is 0 Å². The van der Waals surface area contributed by atoms with Gasteiger partial charge in [-0.3, -0.25) is 4.79 Å². The summed E-state index contributed by atoms with van der Waals surface area (Å²) in [5.41, 5.74) is 6.76. The number of amides is 1. The molecular formula is C12H18N2O2. The molecule has 4 heteroatoms. The van der Waals surface area contributed by atoms with Crippen LogP contribution in [0.3, 0.4) is 0 Å². The van der Waals surface area contributed by atoms with E-state index in [4.69, 9.17) is 10.8 Å². The van der Waals surface area contributed by atoms with Crippen molar-refractivity contribution in [1.82, 2.24) is 5.32 Å². The van der Waals surface area contributed by atoms with E-state index in [-0.39, 0.29) is 12.6 Å². The number of aliphatic hydroxyl groups excluding tert-OH is 1. The maximum atomic E-state index is 10.8. The molecule has 0 aliphatic rings. The van der Waals surface area contributed by atoms with E-state index in [0.717, 1.165) is 18.5 Å². The van der Waals surface area contributed by atoms with Crippen molar-refractivity contribution in [2.45, 2.75) is 25.9 Å². The Morgan fingerprint density at radius 1 is 1.44 bits per heavy atom. The Morgan fingerprint density at radius 3 is 2.56 bits per heavy atom. The van der Waals surface area contributed by atoms with Crippen LogP contribution in [0.15, 0.2) is 24.3 Å². The normalized spacial score (nSPS) is 12.4. The largest absolute Gasteiger partial charge is 0.396 e. The Hall–Kier alpha value is -1.39. The first-order valence-corrected chi connectivity index (χ1v) is 5.36. The van der Waals surface area contributed by atoms with Gasteiger partial charge in [-0.05, 0) is 31.0 Å². The van der Waals surface area contributed by atoms with Crippen molar-refractivity contribution in [3.05, 3.63) is 35.4 Å². The summed E-state index contributed by atoms with van der Waals surface area (Å²) < 4.78 is 0. The molecule has 0 aliphatic carbocycles. The smallest absolute Gasteiger partial charge is 0.248 e. The molecule has 0 saturated carbocycles. The minimum absolute atomic E-state index is 0.189. The molecule has 0 spiro atoms. The minimum atomic E-state index is -0.409. The Balaban J connectivity index is 2.46. The van der Waals surface area contributed by atoms with Crippen LogP contribution >= 0.6 is 0 Å². The van der Waals surface area contributed by atoms with Crippen molar-refractivity contribution in [3.63, 3.8) is 0 Å². The van der Waals surface area contributed by atoms with Crippen LogP contribution in [0, 0.1) is 0 Å².